The molecule has 0 atom stereocenters. The summed E-state index contributed by atoms with van der Waals surface area (Å²) in [6.45, 7) is 0.385. The second kappa shape index (κ2) is 8.92. The van der Waals surface area contributed by atoms with Gasteiger partial charge >= 0.3 is 0 Å². The van der Waals surface area contributed by atoms with E-state index in [1.807, 2.05) is 41.9 Å². The van der Waals surface area contributed by atoms with E-state index in [0.717, 1.165) is 35.3 Å². The largest absolute Gasteiger partial charge is 0.486 e. The zero-order chi connectivity index (χ0) is 17.5. The standard InChI is InChI=1S/C19H20ClN3OS/c1-23-18(14-24-17-11-9-16(20)10-12-17)21-22-19(23)25-13-5-8-15-6-3-2-4-7-15/h2-4,6-7,9-12H,5,8,13-14H2,1H3. The molecule has 0 bridgehead atoms. The van der Waals surface area contributed by atoms with Crippen LogP contribution in [0, 0.1) is 0 Å². The Morgan fingerprint density at radius 1 is 1.04 bits per heavy atom. The molecule has 1 aromatic heterocycles. The molecule has 0 aliphatic heterocycles. The summed E-state index contributed by atoms with van der Waals surface area (Å²) in [6.07, 6.45) is 2.19. The SMILES string of the molecule is Cn1c(COc2ccc(Cl)cc2)nnc1SCCCc1ccccc1. The zero-order valence-electron chi connectivity index (χ0n) is 14.1. The van der Waals surface area contributed by atoms with Crippen molar-refractivity contribution in [3.05, 3.63) is 71.0 Å². The van der Waals surface area contributed by atoms with Crippen molar-refractivity contribution in [3.63, 3.8) is 0 Å². The monoisotopic (exact) mass is 373 g/mol. The lowest BCUT2D eigenvalue weighted by molar-refractivity contribution is 0.290. The number of hydrogen-bond acceptors (Lipinski definition) is 4. The first-order chi connectivity index (χ1) is 12.2. The Bertz CT molecular complexity index is 790. The topological polar surface area (TPSA) is 39.9 Å². The number of ether oxygens (including phenoxy) is 1. The summed E-state index contributed by atoms with van der Waals surface area (Å²) in [5, 5.41) is 10.1. The van der Waals surface area contributed by atoms with Gasteiger partial charge < -0.3 is 9.30 Å². The average Bonchev–Trinajstić information content (AvgIpc) is 2.99. The molecule has 0 spiro atoms. The minimum Gasteiger partial charge on any atom is -0.486 e. The molecule has 0 saturated heterocycles. The molecular formula is C19H20ClN3OS. The number of rotatable bonds is 8. The third kappa shape index (κ3) is 5.25. The fourth-order valence-corrected chi connectivity index (χ4v) is 3.35. The van der Waals surface area contributed by atoms with Gasteiger partial charge in [0.25, 0.3) is 0 Å². The van der Waals surface area contributed by atoms with E-state index in [0.29, 0.717) is 11.6 Å². The fraction of sp³-hybridized carbons (Fsp3) is 0.263. The van der Waals surface area contributed by atoms with Crippen LogP contribution in [-0.4, -0.2) is 20.5 Å². The van der Waals surface area contributed by atoms with E-state index in [-0.39, 0.29) is 0 Å². The highest BCUT2D eigenvalue weighted by molar-refractivity contribution is 7.99. The van der Waals surface area contributed by atoms with Crippen LogP contribution in [0.2, 0.25) is 5.02 Å². The van der Waals surface area contributed by atoms with Gasteiger partial charge in [0, 0.05) is 17.8 Å². The van der Waals surface area contributed by atoms with Crippen LogP contribution in [0.25, 0.3) is 0 Å². The molecule has 25 heavy (non-hydrogen) atoms. The van der Waals surface area contributed by atoms with E-state index in [1.54, 1.807) is 11.8 Å². The highest BCUT2D eigenvalue weighted by atomic mass is 35.5. The maximum atomic E-state index is 5.87. The van der Waals surface area contributed by atoms with Crippen molar-refractivity contribution in [2.24, 2.45) is 7.05 Å². The van der Waals surface area contributed by atoms with Crippen LogP contribution in [-0.2, 0) is 20.1 Å². The normalized spacial score (nSPS) is 10.8. The molecule has 0 radical (unpaired) electrons. The van der Waals surface area contributed by atoms with Crippen LogP contribution in [0.3, 0.4) is 0 Å². The van der Waals surface area contributed by atoms with Crippen molar-refractivity contribution in [2.75, 3.05) is 5.75 Å². The van der Waals surface area contributed by atoms with Crippen molar-refractivity contribution in [2.45, 2.75) is 24.6 Å². The number of aromatic nitrogens is 3. The molecular weight excluding hydrogens is 354 g/mol. The number of nitrogens with zero attached hydrogens (tertiary/aromatic N) is 3. The Morgan fingerprint density at radius 3 is 2.56 bits per heavy atom. The van der Waals surface area contributed by atoms with Crippen molar-refractivity contribution in [1.29, 1.82) is 0 Å². The Hall–Kier alpha value is -1.98. The second-order valence-corrected chi connectivity index (χ2v) is 7.14. The summed E-state index contributed by atoms with van der Waals surface area (Å²) in [6, 6.07) is 17.8. The number of hydrogen-bond donors (Lipinski definition) is 0. The molecule has 0 N–H and O–H groups in total. The minimum atomic E-state index is 0.385. The summed E-state index contributed by atoms with van der Waals surface area (Å²) >= 11 is 7.60. The molecule has 3 aromatic rings. The molecule has 6 heteroatoms. The lowest BCUT2D eigenvalue weighted by Gasteiger charge is -2.06. The Morgan fingerprint density at radius 2 is 1.80 bits per heavy atom. The van der Waals surface area contributed by atoms with Crippen molar-refractivity contribution >= 4 is 23.4 Å². The van der Waals surface area contributed by atoms with Crippen LogP contribution >= 0.6 is 23.4 Å². The Kier molecular flexibility index (Phi) is 6.36. The second-order valence-electron chi connectivity index (χ2n) is 5.64. The minimum absolute atomic E-state index is 0.385. The summed E-state index contributed by atoms with van der Waals surface area (Å²) in [5.74, 6) is 2.59. The predicted octanol–water partition coefficient (Wildman–Crippen LogP) is 4.77. The van der Waals surface area contributed by atoms with Crippen LogP contribution in [0.5, 0.6) is 5.75 Å². The third-order valence-corrected chi connectivity index (χ3v) is 5.15. The van der Waals surface area contributed by atoms with Crippen molar-refractivity contribution in [3.8, 4) is 5.75 Å². The van der Waals surface area contributed by atoms with E-state index in [9.17, 15) is 0 Å². The number of halogens is 1. The van der Waals surface area contributed by atoms with Gasteiger partial charge in [0.15, 0.2) is 11.0 Å². The van der Waals surface area contributed by atoms with Gasteiger partial charge in [-0.3, -0.25) is 0 Å². The number of benzene rings is 2. The Labute approximate surface area is 157 Å². The molecule has 1 heterocycles. The maximum Gasteiger partial charge on any atom is 0.191 e. The van der Waals surface area contributed by atoms with E-state index >= 15 is 0 Å². The number of thioether (sulfide) groups is 1. The van der Waals surface area contributed by atoms with Gasteiger partial charge in [-0.2, -0.15) is 0 Å². The molecule has 2 aromatic carbocycles. The van der Waals surface area contributed by atoms with E-state index in [1.165, 1.54) is 5.56 Å². The molecule has 0 unspecified atom stereocenters. The van der Waals surface area contributed by atoms with Crippen LogP contribution < -0.4 is 4.74 Å². The van der Waals surface area contributed by atoms with Crippen molar-refractivity contribution in [1.82, 2.24) is 14.8 Å². The van der Waals surface area contributed by atoms with Gasteiger partial charge in [0.1, 0.15) is 12.4 Å². The van der Waals surface area contributed by atoms with Gasteiger partial charge in [-0.25, -0.2) is 0 Å². The first-order valence-electron chi connectivity index (χ1n) is 8.16. The van der Waals surface area contributed by atoms with Crippen LogP contribution in [0.4, 0.5) is 0 Å². The smallest absolute Gasteiger partial charge is 0.191 e. The summed E-state index contributed by atoms with van der Waals surface area (Å²) in [7, 11) is 1.97. The van der Waals surface area contributed by atoms with Crippen LogP contribution in [0.1, 0.15) is 17.8 Å². The molecule has 0 aliphatic carbocycles. The Balaban J connectivity index is 1.46. The zero-order valence-corrected chi connectivity index (χ0v) is 15.6. The molecule has 0 amide bonds. The van der Waals surface area contributed by atoms with Gasteiger partial charge in [-0.05, 0) is 42.7 Å². The molecule has 0 saturated carbocycles. The molecule has 0 fully saturated rings. The van der Waals surface area contributed by atoms with Crippen LogP contribution in [0.15, 0.2) is 59.8 Å². The van der Waals surface area contributed by atoms with E-state index in [2.05, 4.69) is 34.5 Å². The van der Waals surface area contributed by atoms with E-state index in [4.69, 9.17) is 16.3 Å². The van der Waals surface area contributed by atoms with Gasteiger partial charge in [0.2, 0.25) is 0 Å². The summed E-state index contributed by atoms with van der Waals surface area (Å²) < 4.78 is 7.72. The summed E-state index contributed by atoms with van der Waals surface area (Å²) in [5.41, 5.74) is 1.37. The lowest BCUT2D eigenvalue weighted by atomic mass is 10.1. The summed E-state index contributed by atoms with van der Waals surface area (Å²) in [4.78, 5) is 0. The third-order valence-electron chi connectivity index (χ3n) is 3.79. The first kappa shape index (κ1) is 17.8. The average molecular weight is 374 g/mol. The maximum absolute atomic E-state index is 5.87. The highest BCUT2D eigenvalue weighted by Crippen LogP contribution is 2.20. The predicted molar refractivity (Wildman–Crippen MR) is 102 cm³/mol. The lowest BCUT2D eigenvalue weighted by Crippen LogP contribution is -2.04. The van der Waals surface area contributed by atoms with Crippen molar-refractivity contribution < 1.29 is 4.74 Å². The molecule has 0 aliphatic rings. The van der Waals surface area contributed by atoms with Gasteiger partial charge in [0.05, 0.1) is 0 Å². The quantitative estimate of drug-likeness (QED) is 0.421. The molecule has 4 nitrogen and oxygen atoms in total. The van der Waals surface area contributed by atoms with E-state index < -0.39 is 0 Å². The number of aryl methyl sites for hydroxylation is 1. The highest BCUT2D eigenvalue weighted by Gasteiger charge is 2.09. The molecule has 130 valence electrons. The molecule has 3 rings (SSSR count). The van der Waals surface area contributed by atoms with Gasteiger partial charge in [-0.1, -0.05) is 53.7 Å². The fourth-order valence-electron chi connectivity index (χ4n) is 2.36. The first-order valence-corrected chi connectivity index (χ1v) is 9.52. The van der Waals surface area contributed by atoms with Gasteiger partial charge in [-0.15, -0.1) is 10.2 Å².